The lowest BCUT2D eigenvalue weighted by molar-refractivity contribution is -0.0119. The van der Waals surface area contributed by atoms with Gasteiger partial charge in [-0.25, -0.2) is 0 Å². The summed E-state index contributed by atoms with van der Waals surface area (Å²) in [5.41, 5.74) is 5.96. The standard InChI is InChI=1S/C12H24N2OS/c1-9-8-16-6-5-14(9)11(7-13)12-4-3-10(2)15-12/h9-12H,3-8,13H2,1-2H3. The molecule has 2 aliphatic heterocycles. The third kappa shape index (κ3) is 2.73. The van der Waals surface area contributed by atoms with Crippen molar-refractivity contribution in [1.82, 2.24) is 4.90 Å². The van der Waals surface area contributed by atoms with Crippen LogP contribution in [0.25, 0.3) is 0 Å². The van der Waals surface area contributed by atoms with Gasteiger partial charge in [-0.05, 0) is 26.7 Å². The van der Waals surface area contributed by atoms with Crippen LogP contribution in [0.5, 0.6) is 0 Å². The fourth-order valence-electron chi connectivity index (χ4n) is 2.85. The maximum absolute atomic E-state index is 5.99. The first-order valence-corrected chi connectivity index (χ1v) is 7.57. The van der Waals surface area contributed by atoms with E-state index in [-0.39, 0.29) is 0 Å². The highest BCUT2D eigenvalue weighted by Gasteiger charge is 2.35. The Kier molecular flexibility index (Phi) is 4.53. The molecule has 0 amide bonds. The molecule has 0 aliphatic carbocycles. The van der Waals surface area contributed by atoms with E-state index in [1.165, 1.54) is 30.9 Å². The molecule has 2 aliphatic rings. The molecule has 2 saturated heterocycles. The summed E-state index contributed by atoms with van der Waals surface area (Å²) in [7, 11) is 0. The molecule has 2 N–H and O–H groups in total. The monoisotopic (exact) mass is 244 g/mol. The Morgan fingerprint density at radius 2 is 2.25 bits per heavy atom. The minimum absolute atomic E-state index is 0.366. The Morgan fingerprint density at radius 1 is 1.44 bits per heavy atom. The van der Waals surface area contributed by atoms with E-state index in [9.17, 15) is 0 Å². The molecule has 0 radical (unpaired) electrons. The number of ether oxygens (including phenoxy) is 1. The van der Waals surface area contributed by atoms with Crippen molar-refractivity contribution in [2.75, 3.05) is 24.6 Å². The Bertz CT molecular complexity index is 227. The Hall–Kier alpha value is 0.230. The zero-order chi connectivity index (χ0) is 11.5. The summed E-state index contributed by atoms with van der Waals surface area (Å²) in [6.07, 6.45) is 3.16. The van der Waals surface area contributed by atoms with E-state index in [0.717, 1.165) is 6.54 Å². The van der Waals surface area contributed by atoms with Gasteiger partial charge in [0.25, 0.3) is 0 Å². The number of thioether (sulfide) groups is 1. The molecule has 2 rings (SSSR count). The zero-order valence-corrected chi connectivity index (χ0v) is 11.2. The predicted molar refractivity (Wildman–Crippen MR) is 69.9 cm³/mol. The van der Waals surface area contributed by atoms with Crippen LogP contribution in [0.3, 0.4) is 0 Å². The summed E-state index contributed by atoms with van der Waals surface area (Å²) in [4.78, 5) is 2.57. The largest absolute Gasteiger partial charge is 0.374 e. The molecule has 0 aromatic heterocycles. The van der Waals surface area contributed by atoms with Gasteiger partial charge < -0.3 is 10.5 Å². The molecular formula is C12H24N2OS. The summed E-state index contributed by atoms with van der Waals surface area (Å²) >= 11 is 2.05. The van der Waals surface area contributed by atoms with Crippen LogP contribution >= 0.6 is 11.8 Å². The van der Waals surface area contributed by atoms with Crippen LogP contribution in [0, 0.1) is 0 Å². The number of hydrogen-bond donors (Lipinski definition) is 1. The summed E-state index contributed by atoms with van der Waals surface area (Å²) in [5, 5.41) is 0. The fraction of sp³-hybridized carbons (Fsp3) is 1.00. The van der Waals surface area contributed by atoms with Crippen molar-refractivity contribution in [3.63, 3.8) is 0 Å². The second-order valence-corrected chi connectivity index (χ2v) is 6.18. The SMILES string of the molecule is CC1CCC(C(CN)N2CCSCC2C)O1. The van der Waals surface area contributed by atoms with Crippen LogP contribution in [-0.2, 0) is 4.74 Å². The zero-order valence-electron chi connectivity index (χ0n) is 10.4. The van der Waals surface area contributed by atoms with Gasteiger partial charge in [0.15, 0.2) is 0 Å². The lowest BCUT2D eigenvalue weighted by Gasteiger charge is -2.41. The lowest BCUT2D eigenvalue weighted by Crippen LogP contribution is -2.55. The lowest BCUT2D eigenvalue weighted by atomic mass is 10.0. The van der Waals surface area contributed by atoms with Gasteiger partial charge in [-0.3, -0.25) is 4.90 Å². The van der Waals surface area contributed by atoms with E-state index < -0.39 is 0 Å². The minimum atomic E-state index is 0.366. The molecule has 4 atom stereocenters. The second kappa shape index (κ2) is 5.71. The van der Waals surface area contributed by atoms with E-state index >= 15 is 0 Å². The Labute approximate surface area is 103 Å². The molecule has 4 unspecified atom stereocenters. The highest BCUT2D eigenvalue weighted by Crippen LogP contribution is 2.27. The molecular weight excluding hydrogens is 220 g/mol. The fourth-order valence-corrected chi connectivity index (χ4v) is 3.89. The highest BCUT2D eigenvalue weighted by molar-refractivity contribution is 7.99. The van der Waals surface area contributed by atoms with Gasteiger partial charge in [-0.1, -0.05) is 0 Å². The molecule has 3 nitrogen and oxygen atoms in total. The first kappa shape index (κ1) is 12.7. The Balaban J connectivity index is 1.97. The van der Waals surface area contributed by atoms with Gasteiger partial charge >= 0.3 is 0 Å². The average Bonchev–Trinajstić information content (AvgIpc) is 2.69. The smallest absolute Gasteiger partial charge is 0.0747 e. The van der Waals surface area contributed by atoms with Crippen molar-refractivity contribution in [2.45, 2.75) is 51.0 Å². The van der Waals surface area contributed by atoms with Crippen LogP contribution in [-0.4, -0.2) is 53.8 Å². The van der Waals surface area contributed by atoms with Crippen molar-refractivity contribution in [2.24, 2.45) is 5.73 Å². The van der Waals surface area contributed by atoms with Crippen molar-refractivity contribution in [1.29, 1.82) is 0 Å². The van der Waals surface area contributed by atoms with Crippen LogP contribution in [0.2, 0.25) is 0 Å². The minimum Gasteiger partial charge on any atom is -0.374 e. The number of nitrogens with two attached hydrogens (primary N) is 1. The van der Waals surface area contributed by atoms with Gasteiger partial charge in [0.1, 0.15) is 0 Å². The Morgan fingerprint density at radius 3 is 2.81 bits per heavy atom. The molecule has 0 bridgehead atoms. The molecule has 2 fully saturated rings. The molecule has 0 aromatic carbocycles. The van der Waals surface area contributed by atoms with Crippen LogP contribution < -0.4 is 5.73 Å². The number of nitrogens with zero attached hydrogens (tertiary/aromatic N) is 1. The van der Waals surface area contributed by atoms with E-state index in [0.29, 0.717) is 24.3 Å². The number of hydrogen-bond acceptors (Lipinski definition) is 4. The van der Waals surface area contributed by atoms with Gasteiger partial charge in [-0.15, -0.1) is 0 Å². The van der Waals surface area contributed by atoms with E-state index in [1.807, 2.05) is 0 Å². The molecule has 0 saturated carbocycles. The summed E-state index contributed by atoms with van der Waals surface area (Å²) < 4.78 is 5.99. The topological polar surface area (TPSA) is 38.5 Å². The van der Waals surface area contributed by atoms with Crippen LogP contribution in [0.4, 0.5) is 0 Å². The average molecular weight is 244 g/mol. The highest BCUT2D eigenvalue weighted by atomic mass is 32.2. The quantitative estimate of drug-likeness (QED) is 0.812. The van der Waals surface area contributed by atoms with Gasteiger partial charge in [0, 0.05) is 36.7 Å². The van der Waals surface area contributed by atoms with Crippen molar-refractivity contribution in [3.05, 3.63) is 0 Å². The van der Waals surface area contributed by atoms with Crippen LogP contribution in [0.15, 0.2) is 0 Å². The molecule has 0 aromatic rings. The van der Waals surface area contributed by atoms with Crippen molar-refractivity contribution in [3.8, 4) is 0 Å². The maximum atomic E-state index is 5.99. The van der Waals surface area contributed by atoms with Gasteiger partial charge in [-0.2, -0.15) is 11.8 Å². The van der Waals surface area contributed by atoms with Crippen molar-refractivity contribution < 1.29 is 4.74 Å². The maximum Gasteiger partial charge on any atom is 0.0747 e. The molecule has 4 heteroatoms. The molecule has 2 heterocycles. The molecule has 16 heavy (non-hydrogen) atoms. The predicted octanol–water partition coefficient (Wildman–Crippen LogP) is 1.32. The third-order valence-corrected chi connectivity index (χ3v) is 4.97. The summed E-state index contributed by atoms with van der Waals surface area (Å²) in [6.45, 7) is 6.38. The van der Waals surface area contributed by atoms with E-state index in [2.05, 4.69) is 30.5 Å². The first-order chi connectivity index (χ1) is 7.72. The summed E-state index contributed by atoms with van der Waals surface area (Å²) in [6, 6.07) is 1.08. The van der Waals surface area contributed by atoms with E-state index in [4.69, 9.17) is 10.5 Å². The third-order valence-electron chi connectivity index (χ3n) is 3.78. The number of rotatable bonds is 3. The normalized spacial score (nSPS) is 38.8. The van der Waals surface area contributed by atoms with Gasteiger partial charge in [0.2, 0.25) is 0 Å². The molecule has 94 valence electrons. The second-order valence-electron chi connectivity index (χ2n) is 5.03. The van der Waals surface area contributed by atoms with Gasteiger partial charge in [0.05, 0.1) is 12.2 Å². The summed E-state index contributed by atoms with van der Waals surface area (Å²) in [5.74, 6) is 2.47. The molecule has 0 spiro atoms. The first-order valence-electron chi connectivity index (χ1n) is 6.41. The van der Waals surface area contributed by atoms with Crippen molar-refractivity contribution >= 4 is 11.8 Å². The van der Waals surface area contributed by atoms with Crippen LogP contribution in [0.1, 0.15) is 26.7 Å². The van der Waals surface area contributed by atoms with E-state index in [1.54, 1.807) is 0 Å².